The summed E-state index contributed by atoms with van der Waals surface area (Å²) in [5, 5.41) is 0. The van der Waals surface area contributed by atoms with Crippen molar-refractivity contribution in [3.8, 4) is 0 Å². The molecule has 0 heterocycles. The summed E-state index contributed by atoms with van der Waals surface area (Å²) in [6.45, 7) is 4.17. The average molecular weight is 262 g/mol. The molecule has 3 heteroatoms. The Kier molecular flexibility index (Phi) is 6.26. The number of methoxy groups -OCH3 is 1. The molecule has 1 aromatic carbocycles. The van der Waals surface area contributed by atoms with E-state index in [-0.39, 0.29) is 17.7 Å². The van der Waals surface area contributed by atoms with Crippen LogP contribution in [0.25, 0.3) is 0 Å². The molecule has 19 heavy (non-hydrogen) atoms. The molecule has 1 atom stereocenters. The van der Waals surface area contributed by atoms with E-state index in [2.05, 4.69) is 11.7 Å². The van der Waals surface area contributed by atoms with Crippen LogP contribution in [0.1, 0.15) is 60.2 Å². The van der Waals surface area contributed by atoms with Crippen LogP contribution in [0.15, 0.2) is 24.3 Å². The van der Waals surface area contributed by atoms with Gasteiger partial charge in [-0.25, -0.2) is 4.79 Å². The lowest BCUT2D eigenvalue weighted by atomic mass is 9.90. The number of carbonyl (C=O) groups is 2. The highest BCUT2D eigenvalue weighted by Crippen LogP contribution is 2.19. The van der Waals surface area contributed by atoms with Gasteiger partial charge in [-0.3, -0.25) is 4.79 Å². The van der Waals surface area contributed by atoms with Gasteiger partial charge in [-0.2, -0.15) is 0 Å². The predicted molar refractivity (Wildman–Crippen MR) is 75.4 cm³/mol. The molecule has 0 aliphatic heterocycles. The molecule has 0 radical (unpaired) electrons. The van der Waals surface area contributed by atoms with Crippen LogP contribution in [-0.4, -0.2) is 18.9 Å². The lowest BCUT2D eigenvalue weighted by Gasteiger charge is -2.13. The van der Waals surface area contributed by atoms with Gasteiger partial charge in [0.2, 0.25) is 0 Å². The number of unbranched alkanes of at least 4 members (excludes halogenated alkanes) is 1. The number of hydrogen-bond donors (Lipinski definition) is 0. The molecule has 0 N–H and O–H groups in total. The van der Waals surface area contributed by atoms with Gasteiger partial charge >= 0.3 is 5.97 Å². The first-order chi connectivity index (χ1) is 9.13. The first kappa shape index (κ1) is 15.4. The van der Waals surface area contributed by atoms with E-state index in [1.807, 2.05) is 6.92 Å². The second-order valence-electron chi connectivity index (χ2n) is 4.68. The van der Waals surface area contributed by atoms with Crippen molar-refractivity contribution in [2.75, 3.05) is 7.11 Å². The van der Waals surface area contributed by atoms with Gasteiger partial charge in [-0.1, -0.05) is 38.8 Å². The average Bonchev–Trinajstić information content (AvgIpc) is 2.47. The molecule has 0 aliphatic carbocycles. The summed E-state index contributed by atoms with van der Waals surface area (Å²) in [4.78, 5) is 23.6. The summed E-state index contributed by atoms with van der Waals surface area (Å²) in [5.41, 5.74) is 1.15. The fraction of sp³-hybridized carbons (Fsp3) is 0.500. The van der Waals surface area contributed by atoms with Crippen molar-refractivity contribution in [3.05, 3.63) is 35.4 Å². The Morgan fingerprint density at radius 3 is 2.16 bits per heavy atom. The fourth-order valence-electron chi connectivity index (χ4n) is 2.10. The minimum atomic E-state index is -0.378. The minimum absolute atomic E-state index is 0.0870. The van der Waals surface area contributed by atoms with E-state index in [0.29, 0.717) is 11.1 Å². The smallest absolute Gasteiger partial charge is 0.337 e. The Morgan fingerprint density at radius 2 is 1.68 bits per heavy atom. The topological polar surface area (TPSA) is 43.4 Å². The molecule has 1 aromatic rings. The summed E-state index contributed by atoms with van der Waals surface area (Å²) in [5.74, 6) is -0.117. The highest BCUT2D eigenvalue weighted by atomic mass is 16.5. The Bertz CT molecular complexity index is 420. The number of rotatable bonds is 7. The maximum Gasteiger partial charge on any atom is 0.337 e. The molecule has 0 amide bonds. The van der Waals surface area contributed by atoms with Gasteiger partial charge < -0.3 is 4.74 Å². The van der Waals surface area contributed by atoms with Crippen molar-refractivity contribution in [1.29, 1.82) is 0 Å². The molecule has 0 aliphatic rings. The van der Waals surface area contributed by atoms with E-state index in [4.69, 9.17) is 0 Å². The molecule has 104 valence electrons. The van der Waals surface area contributed by atoms with Crippen molar-refractivity contribution in [2.45, 2.75) is 39.5 Å². The first-order valence-electron chi connectivity index (χ1n) is 6.86. The Balaban J connectivity index is 2.78. The van der Waals surface area contributed by atoms with Crippen LogP contribution in [0, 0.1) is 5.92 Å². The Hall–Kier alpha value is -1.64. The maximum atomic E-state index is 12.3. The highest BCUT2D eigenvalue weighted by molar-refractivity contribution is 5.99. The number of Topliss-reactive ketones (excluding diaryl/α,β-unsaturated/α-hetero) is 1. The zero-order valence-corrected chi connectivity index (χ0v) is 11.9. The maximum absolute atomic E-state index is 12.3. The quantitative estimate of drug-likeness (QED) is 0.553. The van der Waals surface area contributed by atoms with E-state index in [1.54, 1.807) is 24.3 Å². The van der Waals surface area contributed by atoms with E-state index in [1.165, 1.54) is 7.11 Å². The number of ketones is 1. The lowest BCUT2D eigenvalue weighted by molar-refractivity contribution is 0.0600. The van der Waals surface area contributed by atoms with Crippen molar-refractivity contribution in [2.24, 2.45) is 5.92 Å². The van der Waals surface area contributed by atoms with Crippen molar-refractivity contribution in [1.82, 2.24) is 0 Å². The molecule has 0 saturated carbocycles. The van der Waals surface area contributed by atoms with Crippen LogP contribution in [0.3, 0.4) is 0 Å². The molecule has 1 unspecified atom stereocenters. The van der Waals surface area contributed by atoms with Gasteiger partial charge in [0, 0.05) is 11.5 Å². The van der Waals surface area contributed by atoms with Crippen LogP contribution in [-0.2, 0) is 4.74 Å². The third kappa shape index (κ3) is 4.19. The van der Waals surface area contributed by atoms with Gasteiger partial charge in [0.1, 0.15) is 0 Å². The van der Waals surface area contributed by atoms with Crippen molar-refractivity contribution >= 4 is 11.8 Å². The molecular formula is C16H22O3. The van der Waals surface area contributed by atoms with Crippen LogP contribution < -0.4 is 0 Å². The number of esters is 1. The molecule has 1 rings (SSSR count). The van der Waals surface area contributed by atoms with Gasteiger partial charge in [0.05, 0.1) is 12.7 Å². The molecule has 0 bridgehead atoms. The minimum Gasteiger partial charge on any atom is -0.465 e. The van der Waals surface area contributed by atoms with E-state index in [9.17, 15) is 9.59 Å². The second-order valence-corrected chi connectivity index (χ2v) is 4.68. The molecule has 0 aromatic heterocycles. The summed E-state index contributed by atoms with van der Waals surface area (Å²) < 4.78 is 4.63. The van der Waals surface area contributed by atoms with Gasteiger partial charge in [0.15, 0.2) is 5.78 Å². The van der Waals surface area contributed by atoms with Gasteiger partial charge in [-0.05, 0) is 25.0 Å². The summed E-state index contributed by atoms with van der Waals surface area (Å²) in [7, 11) is 1.35. The number of hydrogen-bond acceptors (Lipinski definition) is 3. The zero-order chi connectivity index (χ0) is 14.3. The summed E-state index contributed by atoms with van der Waals surface area (Å²) >= 11 is 0. The second kappa shape index (κ2) is 7.72. The van der Waals surface area contributed by atoms with E-state index < -0.39 is 0 Å². The fourth-order valence-corrected chi connectivity index (χ4v) is 2.10. The van der Waals surface area contributed by atoms with Crippen LogP contribution >= 0.6 is 0 Å². The third-order valence-electron chi connectivity index (χ3n) is 3.36. The first-order valence-corrected chi connectivity index (χ1v) is 6.86. The van der Waals surface area contributed by atoms with Gasteiger partial charge in [0.25, 0.3) is 0 Å². The summed E-state index contributed by atoms with van der Waals surface area (Å²) in [6.07, 6.45) is 3.97. The lowest BCUT2D eigenvalue weighted by Crippen LogP contribution is -2.14. The van der Waals surface area contributed by atoms with E-state index >= 15 is 0 Å². The van der Waals surface area contributed by atoms with Crippen LogP contribution in [0.4, 0.5) is 0 Å². The third-order valence-corrected chi connectivity index (χ3v) is 3.36. The SMILES string of the molecule is CCCCC(CC)C(=O)c1ccc(C(=O)OC)cc1. The van der Waals surface area contributed by atoms with Crippen LogP contribution in [0.2, 0.25) is 0 Å². The van der Waals surface area contributed by atoms with Crippen LogP contribution in [0.5, 0.6) is 0 Å². The summed E-state index contributed by atoms with van der Waals surface area (Å²) in [6, 6.07) is 6.71. The molecule has 0 spiro atoms. The monoisotopic (exact) mass is 262 g/mol. The zero-order valence-electron chi connectivity index (χ0n) is 11.9. The van der Waals surface area contributed by atoms with Gasteiger partial charge in [-0.15, -0.1) is 0 Å². The standard InChI is InChI=1S/C16H22O3/c1-4-6-7-12(5-2)15(17)13-8-10-14(11-9-13)16(18)19-3/h8-12H,4-7H2,1-3H3. The van der Waals surface area contributed by atoms with Crippen molar-refractivity contribution < 1.29 is 14.3 Å². The largest absolute Gasteiger partial charge is 0.465 e. The molecule has 0 saturated heterocycles. The number of benzene rings is 1. The normalized spacial score (nSPS) is 11.9. The molecule has 3 nitrogen and oxygen atoms in total. The molecule has 0 fully saturated rings. The highest BCUT2D eigenvalue weighted by Gasteiger charge is 2.18. The number of ether oxygens (including phenoxy) is 1. The van der Waals surface area contributed by atoms with Crippen molar-refractivity contribution in [3.63, 3.8) is 0 Å². The number of carbonyl (C=O) groups excluding carboxylic acids is 2. The Labute approximate surface area is 115 Å². The predicted octanol–water partition coefficient (Wildman–Crippen LogP) is 3.87. The molecular weight excluding hydrogens is 240 g/mol. The van der Waals surface area contributed by atoms with E-state index in [0.717, 1.165) is 25.7 Å². The Morgan fingerprint density at radius 1 is 1.11 bits per heavy atom.